The molecule has 0 unspecified atom stereocenters. The van der Waals surface area contributed by atoms with Gasteiger partial charge in [0.1, 0.15) is 11.5 Å². The minimum absolute atomic E-state index is 0.0647. The molecule has 158 valence electrons. The van der Waals surface area contributed by atoms with Crippen molar-refractivity contribution in [2.45, 2.75) is 12.8 Å². The third-order valence-electron chi connectivity index (χ3n) is 4.97. The molecule has 2 aromatic rings. The van der Waals surface area contributed by atoms with E-state index >= 15 is 0 Å². The van der Waals surface area contributed by atoms with Crippen LogP contribution in [0.2, 0.25) is 0 Å². The van der Waals surface area contributed by atoms with Crippen LogP contribution < -0.4 is 15.4 Å². The highest BCUT2D eigenvalue weighted by atomic mass is 16.5. The first kappa shape index (κ1) is 21.2. The average molecular weight is 411 g/mol. The fourth-order valence-corrected chi connectivity index (χ4v) is 3.25. The van der Waals surface area contributed by atoms with Gasteiger partial charge in [-0.3, -0.25) is 14.4 Å². The van der Waals surface area contributed by atoms with Gasteiger partial charge in [-0.25, -0.2) is 0 Å². The SMILES string of the molecule is COc1ccccc1NC(=O)C(=O)NCC1CCN(C(=O)/C=C/c2ccco2)CC1. The van der Waals surface area contributed by atoms with Gasteiger partial charge in [0, 0.05) is 25.7 Å². The number of nitrogens with zero attached hydrogens (tertiary/aromatic N) is 1. The molecule has 2 N–H and O–H groups in total. The van der Waals surface area contributed by atoms with Crippen LogP contribution >= 0.6 is 0 Å². The van der Waals surface area contributed by atoms with Crippen LogP contribution in [0, 0.1) is 5.92 Å². The van der Waals surface area contributed by atoms with E-state index in [1.54, 1.807) is 53.6 Å². The van der Waals surface area contributed by atoms with Crippen LogP contribution in [-0.4, -0.2) is 49.4 Å². The smallest absolute Gasteiger partial charge is 0.313 e. The Morgan fingerprint density at radius 2 is 1.90 bits per heavy atom. The lowest BCUT2D eigenvalue weighted by Crippen LogP contribution is -2.43. The number of amides is 3. The summed E-state index contributed by atoms with van der Waals surface area (Å²) in [4.78, 5) is 38.2. The summed E-state index contributed by atoms with van der Waals surface area (Å²) in [7, 11) is 1.50. The van der Waals surface area contributed by atoms with Gasteiger partial charge in [0.2, 0.25) is 5.91 Å². The first-order chi connectivity index (χ1) is 14.6. The van der Waals surface area contributed by atoms with Gasteiger partial charge in [-0.05, 0) is 49.1 Å². The van der Waals surface area contributed by atoms with Gasteiger partial charge >= 0.3 is 11.8 Å². The molecule has 8 nitrogen and oxygen atoms in total. The van der Waals surface area contributed by atoms with E-state index in [0.29, 0.717) is 36.8 Å². The Labute approximate surface area is 174 Å². The van der Waals surface area contributed by atoms with Crippen LogP contribution in [0.5, 0.6) is 5.75 Å². The Balaban J connectivity index is 1.40. The zero-order valence-corrected chi connectivity index (χ0v) is 16.8. The van der Waals surface area contributed by atoms with Gasteiger partial charge in [-0.1, -0.05) is 12.1 Å². The summed E-state index contributed by atoms with van der Waals surface area (Å²) >= 11 is 0. The fraction of sp³-hybridized carbons (Fsp3) is 0.318. The third kappa shape index (κ3) is 5.73. The molecule has 1 fully saturated rings. The van der Waals surface area contributed by atoms with Crippen molar-refractivity contribution < 1.29 is 23.5 Å². The van der Waals surface area contributed by atoms with Gasteiger partial charge in [-0.15, -0.1) is 0 Å². The standard InChI is InChI=1S/C22H25N3O5/c1-29-19-7-3-2-6-18(19)24-22(28)21(27)23-15-16-10-12-25(13-11-16)20(26)9-8-17-5-4-14-30-17/h2-9,14,16H,10-13,15H2,1H3,(H,23,27)(H,24,28)/b9-8+. The zero-order chi connectivity index (χ0) is 21.3. The molecule has 8 heteroatoms. The molecule has 0 radical (unpaired) electrons. The molecule has 1 aromatic heterocycles. The molecule has 1 aliphatic rings. The molecule has 30 heavy (non-hydrogen) atoms. The second kappa shape index (κ2) is 10.3. The molecule has 0 atom stereocenters. The predicted octanol–water partition coefficient (Wildman–Crippen LogP) is 2.29. The van der Waals surface area contributed by atoms with Crippen molar-refractivity contribution in [3.63, 3.8) is 0 Å². The first-order valence-electron chi connectivity index (χ1n) is 9.79. The average Bonchev–Trinajstić information content (AvgIpc) is 3.30. The molecular weight excluding hydrogens is 386 g/mol. The second-order valence-corrected chi connectivity index (χ2v) is 6.98. The van der Waals surface area contributed by atoms with Gasteiger partial charge in [0.15, 0.2) is 0 Å². The Hall–Kier alpha value is -3.55. The number of para-hydroxylation sites is 2. The van der Waals surface area contributed by atoms with Gasteiger partial charge in [0.05, 0.1) is 19.1 Å². The van der Waals surface area contributed by atoms with E-state index in [-0.39, 0.29) is 11.8 Å². The van der Waals surface area contributed by atoms with Crippen molar-refractivity contribution in [1.29, 1.82) is 0 Å². The van der Waals surface area contributed by atoms with Crippen LogP contribution in [0.1, 0.15) is 18.6 Å². The molecule has 1 saturated heterocycles. The normalized spacial score (nSPS) is 14.5. The van der Waals surface area contributed by atoms with Crippen LogP contribution in [0.3, 0.4) is 0 Å². The highest BCUT2D eigenvalue weighted by Gasteiger charge is 2.23. The summed E-state index contributed by atoms with van der Waals surface area (Å²) in [6, 6.07) is 10.4. The van der Waals surface area contributed by atoms with E-state index in [1.165, 1.54) is 13.2 Å². The predicted molar refractivity (Wildman–Crippen MR) is 112 cm³/mol. The molecule has 0 aliphatic carbocycles. The molecule has 0 bridgehead atoms. The molecule has 1 aliphatic heterocycles. The van der Waals surface area contributed by atoms with Crippen LogP contribution in [0.4, 0.5) is 5.69 Å². The van der Waals surface area contributed by atoms with E-state index < -0.39 is 11.8 Å². The molecule has 0 saturated carbocycles. The summed E-state index contributed by atoms with van der Waals surface area (Å²) in [6.07, 6.45) is 6.22. The van der Waals surface area contributed by atoms with E-state index in [2.05, 4.69) is 10.6 Å². The quantitative estimate of drug-likeness (QED) is 0.561. The summed E-state index contributed by atoms with van der Waals surface area (Å²) in [5.74, 6) is -0.170. The number of benzene rings is 1. The summed E-state index contributed by atoms with van der Waals surface area (Å²) < 4.78 is 10.3. The van der Waals surface area contributed by atoms with Gasteiger partial charge in [0.25, 0.3) is 0 Å². The molecule has 2 heterocycles. The van der Waals surface area contributed by atoms with E-state index in [1.807, 2.05) is 0 Å². The number of piperidine rings is 1. The topological polar surface area (TPSA) is 101 Å². The molecule has 0 spiro atoms. The number of ether oxygens (including phenoxy) is 1. The molecular formula is C22H25N3O5. The first-order valence-corrected chi connectivity index (χ1v) is 9.79. The number of methoxy groups -OCH3 is 1. The minimum atomic E-state index is -0.741. The maximum Gasteiger partial charge on any atom is 0.313 e. The van der Waals surface area contributed by atoms with Gasteiger partial charge in [-0.2, -0.15) is 0 Å². The maximum absolute atomic E-state index is 12.2. The van der Waals surface area contributed by atoms with E-state index in [4.69, 9.17) is 9.15 Å². The number of carbonyl (C=O) groups excluding carboxylic acids is 3. The Morgan fingerprint density at radius 3 is 2.60 bits per heavy atom. The molecule has 3 amide bonds. The zero-order valence-electron chi connectivity index (χ0n) is 16.8. The number of carbonyl (C=O) groups is 3. The summed E-state index contributed by atoms with van der Waals surface area (Å²) in [5, 5.41) is 5.23. The number of rotatable bonds is 6. The largest absolute Gasteiger partial charge is 0.495 e. The molecule has 1 aromatic carbocycles. The number of likely N-dealkylation sites (tertiary alicyclic amines) is 1. The van der Waals surface area contributed by atoms with Crippen molar-refractivity contribution in [2.75, 3.05) is 32.1 Å². The summed E-state index contributed by atoms with van der Waals surface area (Å²) in [6.45, 7) is 1.60. The number of nitrogens with one attached hydrogen (secondary N) is 2. The van der Waals surface area contributed by atoms with Crippen LogP contribution in [0.25, 0.3) is 6.08 Å². The third-order valence-corrected chi connectivity index (χ3v) is 4.97. The Kier molecular flexibility index (Phi) is 7.26. The highest BCUT2D eigenvalue weighted by molar-refractivity contribution is 6.39. The Bertz CT molecular complexity index is 899. The van der Waals surface area contributed by atoms with Crippen molar-refractivity contribution >= 4 is 29.5 Å². The lowest BCUT2D eigenvalue weighted by molar-refractivity contribution is -0.136. The van der Waals surface area contributed by atoms with Crippen molar-refractivity contribution in [3.05, 3.63) is 54.5 Å². The van der Waals surface area contributed by atoms with Crippen molar-refractivity contribution in [1.82, 2.24) is 10.2 Å². The van der Waals surface area contributed by atoms with Crippen LogP contribution in [-0.2, 0) is 14.4 Å². The highest BCUT2D eigenvalue weighted by Crippen LogP contribution is 2.23. The maximum atomic E-state index is 12.2. The summed E-state index contributed by atoms with van der Waals surface area (Å²) in [5.41, 5.74) is 0.439. The second-order valence-electron chi connectivity index (χ2n) is 6.98. The van der Waals surface area contributed by atoms with Crippen molar-refractivity contribution in [3.8, 4) is 5.75 Å². The fourth-order valence-electron chi connectivity index (χ4n) is 3.25. The Morgan fingerprint density at radius 1 is 1.13 bits per heavy atom. The van der Waals surface area contributed by atoms with Crippen LogP contribution in [0.15, 0.2) is 53.2 Å². The minimum Gasteiger partial charge on any atom is -0.495 e. The van der Waals surface area contributed by atoms with E-state index in [0.717, 1.165) is 12.8 Å². The lowest BCUT2D eigenvalue weighted by Gasteiger charge is -2.31. The number of hydrogen-bond acceptors (Lipinski definition) is 5. The van der Waals surface area contributed by atoms with Gasteiger partial charge < -0.3 is 24.7 Å². The lowest BCUT2D eigenvalue weighted by atomic mass is 9.96. The van der Waals surface area contributed by atoms with Crippen molar-refractivity contribution in [2.24, 2.45) is 5.92 Å². The number of anilines is 1. The monoisotopic (exact) mass is 411 g/mol. The van der Waals surface area contributed by atoms with E-state index in [9.17, 15) is 14.4 Å². The molecule has 3 rings (SSSR count). The number of furan rings is 1. The number of hydrogen-bond donors (Lipinski definition) is 2.